The molecular weight excluding hydrogens is 248 g/mol. The number of amides is 2. The van der Waals surface area contributed by atoms with Gasteiger partial charge in [0.2, 0.25) is 5.91 Å². The lowest BCUT2D eigenvalue weighted by Gasteiger charge is -2.12. The van der Waals surface area contributed by atoms with Gasteiger partial charge < -0.3 is 19.7 Å². The minimum Gasteiger partial charge on any atom is -0.493 e. The zero-order valence-corrected chi connectivity index (χ0v) is 11.5. The first kappa shape index (κ1) is 14.8. The van der Waals surface area contributed by atoms with Gasteiger partial charge in [-0.25, -0.2) is 0 Å². The van der Waals surface area contributed by atoms with Crippen LogP contribution in [0, 0.1) is 0 Å². The zero-order chi connectivity index (χ0) is 14.4. The van der Waals surface area contributed by atoms with Crippen molar-refractivity contribution in [2.24, 2.45) is 0 Å². The molecule has 0 heterocycles. The molecule has 1 aromatic carbocycles. The molecule has 19 heavy (non-hydrogen) atoms. The predicted octanol–water partition coefficient (Wildman–Crippen LogP) is 0.522. The quantitative estimate of drug-likeness (QED) is 0.843. The van der Waals surface area contributed by atoms with E-state index in [0.717, 1.165) is 0 Å². The number of hydrogen-bond acceptors (Lipinski definition) is 4. The largest absolute Gasteiger partial charge is 0.493 e. The van der Waals surface area contributed by atoms with Crippen molar-refractivity contribution in [3.8, 4) is 11.5 Å². The highest BCUT2D eigenvalue weighted by molar-refractivity contribution is 5.97. The summed E-state index contributed by atoms with van der Waals surface area (Å²) in [6.07, 6.45) is 0. The van der Waals surface area contributed by atoms with Crippen LogP contribution < -0.4 is 14.8 Å². The fourth-order valence-corrected chi connectivity index (χ4v) is 1.39. The zero-order valence-electron chi connectivity index (χ0n) is 11.5. The van der Waals surface area contributed by atoms with Gasteiger partial charge in [-0.1, -0.05) is 0 Å². The van der Waals surface area contributed by atoms with Crippen LogP contribution >= 0.6 is 0 Å². The molecule has 0 fully saturated rings. The molecule has 104 valence electrons. The van der Waals surface area contributed by atoms with Gasteiger partial charge in [-0.05, 0) is 18.2 Å². The van der Waals surface area contributed by atoms with Crippen molar-refractivity contribution in [1.29, 1.82) is 0 Å². The molecule has 0 aliphatic heterocycles. The summed E-state index contributed by atoms with van der Waals surface area (Å²) in [5.41, 5.74) is 0.407. The molecule has 2 amide bonds. The maximum Gasteiger partial charge on any atom is 0.251 e. The van der Waals surface area contributed by atoms with Gasteiger partial charge in [0.25, 0.3) is 5.91 Å². The Hall–Kier alpha value is -2.24. The van der Waals surface area contributed by atoms with Crippen molar-refractivity contribution in [3.63, 3.8) is 0 Å². The molecular formula is C13H18N2O4. The van der Waals surface area contributed by atoms with Crippen LogP contribution in [-0.2, 0) is 4.79 Å². The highest BCUT2D eigenvalue weighted by Gasteiger charge is 2.12. The van der Waals surface area contributed by atoms with E-state index in [2.05, 4.69) is 5.32 Å². The number of carbonyl (C=O) groups is 2. The van der Waals surface area contributed by atoms with Crippen molar-refractivity contribution in [2.45, 2.75) is 0 Å². The van der Waals surface area contributed by atoms with E-state index in [0.29, 0.717) is 17.1 Å². The number of nitrogens with zero attached hydrogens (tertiary/aromatic N) is 1. The van der Waals surface area contributed by atoms with E-state index in [1.165, 1.54) is 19.1 Å². The van der Waals surface area contributed by atoms with Crippen LogP contribution in [0.2, 0.25) is 0 Å². The Kier molecular flexibility index (Phi) is 5.17. The summed E-state index contributed by atoms with van der Waals surface area (Å²) in [7, 11) is 6.28. The van der Waals surface area contributed by atoms with Gasteiger partial charge in [0.15, 0.2) is 11.5 Å². The van der Waals surface area contributed by atoms with Crippen molar-refractivity contribution in [1.82, 2.24) is 10.2 Å². The number of hydrogen-bond donors (Lipinski definition) is 1. The summed E-state index contributed by atoms with van der Waals surface area (Å²) in [5, 5.41) is 2.54. The van der Waals surface area contributed by atoms with E-state index in [4.69, 9.17) is 9.47 Å². The summed E-state index contributed by atoms with van der Waals surface area (Å²) < 4.78 is 10.2. The number of ether oxygens (including phenoxy) is 2. The molecule has 6 heteroatoms. The van der Waals surface area contributed by atoms with Crippen LogP contribution in [-0.4, -0.2) is 51.6 Å². The average Bonchev–Trinajstić information content (AvgIpc) is 2.43. The SMILES string of the molecule is COc1ccc(C(=O)NCC(=O)N(C)C)cc1OC. The molecule has 0 unspecified atom stereocenters. The fourth-order valence-electron chi connectivity index (χ4n) is 1.39. The van der Waals surface area contributed by atoms with Gasteiger partial charge >= 0.3 is 0 Å². The van der Waals surface area contributed by atoms with Crippen molar-refractivity contribution in [2.75, 3.05) is 34.9 Å². The van der Waals surface area contributed by atoms with Crippen molar-refractivity contribution >= 4 is 11.8 Å². The van der Waals surface area contributed by atoms with Gasteiger partial charge in [-0.15, -0.1) is 0 Å². The monoisotopic (exact) mass is 266 g/mol. The van der Waals surface area contributed by atoms with Gasteiger partial charge in [-0.3, -0.25) is 9.59 Å². The molecule has 0 aliphatic carbocycles. The normalized spacial score (nSPS) is 9.68. The van der Waals surface area contributed by atoms with Crippen LogP contribution in [0.25, 0.3) is 0 Å². The van der Waals surface area contributed by atoms with Crippen molar-refractivity contribution in [3.05, 3.63) is 23.8 Å². The van der Waals surface area contributed by atoms with Gasteiger partial charge in [0.05, 0.1) is 20.8 Å². The molecule has 0 saturated carbocycles. The van der Waals surface area contributed by atoms with E-state index >= 15 is 0 Å². The van der Waals surface area contributed by atoms with Gasteiger partial charge in [-0.2, -0.15) is 0 Å². The first-order chi connectivity index (χ1) is 8.99. The second kappa shape index (κ2) is 6.63. The molecule has 6 nitrogen and oxygen atoms in total. The molecule has 1 N–H and O–H groups in total. The molecule has 0 aliphatic rings. The van der Waals surface area contributed by atoms with E-state index < -0.39 is 0 Å². The predicted molar refractivity (Wildman–Crippen MR) is 70.6 cm³/mol. The Morgan fingerprint density at radius 1 is 1.16 bits per heavy atom. The van der Waals surface area contributed by atoms with Crippen LogP contribution in [0.4, 0.5) is 0 Å². The maximum atomic E-state index is 11.9. The second-order valence-electron chi connectivity index (χ2n) is 4.04. The molecule has 0 saturated heterocycles. The number of methoxy groups -OCH3 is 2. The van der Waals surface area contributed by atoms with Gasteiger partial charge in [0.1, 0.15) is 0 Å². The Balaban J connectivity index is 2.75. The topological polar surface area (TPSA) is 67.9 Å². The number of likely N-dealkylation sites (N-methyl/N-ethyl adjacent to an activating group) is 1. The van der Waals surface area contributed by atoms with Crippen LogP contribution in [0.5, 0.6) is 11.5 Å². The third-order valence-electron chi connectivity index (χ3n) is 2.54. The Morgan fingerprint density at radius 2 is 1.79 bits per heavy atom. The molecule has 0 aromatic heterocycles. The molecule has 1 aromatic rings. The number of nitrogens with one attached hydrogen (secondary N) is 1. The van der Waals surface area contributed by atoms with Crippen molar-refractivity contribution < 1.29 is 19.1 Å². The third-order valence-corrected chi connectivity index (χ3v) is 2.54. The van der Waals surface area contributed by atoms with Crippen LogP contribution in [0.15, 0.2) is 18.2 Å². The highest BCUT2D eigenvalue weighted by Crippen LogP contribution is 2.27. The molecule has 0 bridgehead atoms. The first-order valence-electron chi connectivity index (χ1n) is 5.70. The summed E-state index contributed by atoms with van der Waals surface area (Å²) in [6, 6.07) is 4.81. The first-order valence-corrected chi connectivity index (χ1v) is 5.70. The lowest BCUT2D eigenvalue weighted by Crippen LogP contribution is -2.36. The molecule has 1 rings (SSSR count). The summed E-state index contributed by atoms with van der Waals surface area (Å²) in [4.78, 5) is 24.6. The Labute approximate surface area is 112 Å². The minimum atomic E-state index is -0.337. The van der Waals surface area contributed by atoms with E-state index in [-0.39, 0.29) is 18.4 Å². The maximum absolute atomic E-state index is 11.9. The van der Waals surface area contributed by atoms with Gasteiger partial charge in [0, 0.05) is 19.7 Å². The van der Waals surface area contributed by atoms with Crippen LogP contribution in [0.1, 0.15) is 10.4 Å². The molecule has 0 spiro atoms. The number of carbonyl (C=O) groups excluding carboxylic acids is 2. The number of rotatable bonds is 5. The summed E-state index contributed by atoms with van der Waals surface area (Å²) >= 11 is 0. The Morgan fingerprint density at radius 3 is 2.32 bits per heavy atom. The van der Waals surface area contributed by atoms with E-state index in [1.807, 2.05) is 0 Å². The highest BCUT2D eigenvalue weighted by atomic mass is 16.5. The standard InChI is InChI=1S/C13H18N2O4/c1-15(2)12(16)8-14-13(17)9-5-6-10(18-3)11(7-9)19-4/h5-7H,8H2,1-4H3,(H,14,17). The second-order valence-corrected chi connectivity index (χ2v) is 4.04. The Bertz CT molecular complexity index is 472. The molecule has 0 radical (unpaired) electrons. The fraction of sp³-hybridized carbons (Fsp3) is 0.385. The molecule has 0 atom stereocenters. The average molecular weight is 266 g/mol. The van der Waals surface area contributed by atoms with E-state index in [1.54, 1.807) is 32.3 Å². The summed E-state index contributed by atoms with van der Waals surface area (Å²) in [5.74, 6) is 0.502. The minimum absolute atomic E-state index is 0.0415. The lowest BCUT2D eigenvalue weighted by atomic mass is 10.2. The number of benzene rings is 1. The summed E-state index contributed by atoms with van der Waals surface area (Å²) in [6.45, 7) is -0.0415. The lowest BCUT2D eigenvalue weighted by molar-refractivity contribution is -0.127. The smallest absolute Gasteiger partial charge is 0.251 e. The third kappa shape index (κ3) is 3.87. The van der Waals surface area contributed by atoms with E-state index in [9.17, 15) is 9.59 Å². The van der Waals surface area contributed by atoms with Crippen LogP contribution in [0.3, 0.4) is 0 Å².